The third-order valence-corrected chi connectivity index (χ3v) is 6.44. The van der Waals surface area contributed by atoms with Gasteiger partial charge in [-0.2, -0.15) is 0 Å². The summed E-state index contributed by atoms with van der Waals surface area (Å²) in [6.45, 7) is 2.29. The molecule has 0 saturated carbocycles. The topological polar surface area (TPSA) is 93.3 Å². The Bertz CT molecular complexity index is 1210. The molecule has 1 aliphatic rings. The van der Waals surface area contributed by atoms with E-state index in [2.05, 4.69) is 15.3 Å². The minimum absolute atomic E-state index is 0.108. The summed E-state index contributed by atoms with van der Waals surface area (Å²) in [6, 6.07) is 12.9. The molecule has 166 valence electrons. The molecule has 0 fully saturated rings. The number of carbonyl (C=O) groups is 1. The highest BCUT2D eigenvalue weighted by atomic mass is 35.5. The van der Waals surface area contributed by atoms with Gasteiger partial charge in [-0.1, -0.05) is 53.7 Å². The minimum Gasteiger partial charge on any atom is -0.493 e. The zero-order valence-electron chi connectivity index (χ0n) is 17.6. The first-order valence-electron chi connectivity index (χ1n) is 10.1. The number of para-hydroxylation sites is 1. The fourth-order valence-electron chi connectivity index (χ4n) is 3.71. The number of rotatable bonds is 7. The van der Waals surface area contributed by atoms with Crippen LogP contribution in [0.1, 0.15) is 36.0 Å². The second-order valence-electron chi connectivity index (χ2n) is 7.13. The SMILES string of the molecule is CCOc1c(OC)cccc1C1CC(=O)Nc2nc(SCc3ccccc3Cl)[nH]c(=O)c21. The molecule has 0 bridgehead atoms. The Kier molecular flexibility index (Phi) is 6.72. The van der Waals surface area contributed by atoms with E-state index in [0.717, 1.165) is 5.56 Å². The first kappa shape index (κ1) is 22.2. The van der Waals surface area contributed by atoms with Gasteiger partial charge in [0.2, 0.25) is 5.91 Å². The summed E-state index contributed by atoms with van der Waals surface area (Å²) in [5, 5.41) is 3.80. The van der Waals surface area contributed by atoms with E-state index in [1.165, 1.54) is 11.8 Å². The molecule has 9 heteroatoms. The maximum Gasteiger partial charge on any atom is 0.257 e. The number of aromatic nitrogens is 2. The average molecular weight is 472 g/mol. The second kappa shape index (κ2) is 9.67. The fourth-order valence-corrected chi connectivity index (χ4v) is 4.86. The normalized spacial score (nSPS) is 15.1. The number of amides is 1. The van der Waals surface area contributed by atoms with Gasteiger partial charge in [-0.05, 0) is 24.6 Å². The zero-order valence-corrected chi connectivity index (χ0v) is 19.2. The number of fused-ring (bicyclic) bond motifs is 1. The molecule has 1 amide bonds. The third-order valence-electron chi connectivity index (χ3n) is 5.14. The lowest BCUT2D eigenvalue weighted by Crippen LogP contribution is -2.31. The summed E-state index contributed by atoms with van der Waals surface area (Å²) < 4.78 is 11.3. The zero-order chi connectivity index (χ0) is 22.7. The molecule has 1 atom stereocenters. The van der Waals surface area contributed by atoms with E-state index in [1.54, 1.807) is 13.2 Å². The van der Waals surface area contributed by atoms with E-state index in [0.29, 0.717) is 45.2 Å². The van der Waals surface area contributed by atoms with Gasteiger partial charge in [0.05, 0.1) is 19.3 Å². The lowest BCUT2D eigenvalue weighted by molar-refractivity contribution is -0.116. The number of anilines is 1. The van der Waals surface area contributed by atoms with Gasteiger partial charge in [-0.3, -0.25) is 9.59 Å². The van der Waals surface area contributed by atoms with E-state index >= 15 is 0 Å². The van der Waals surface area contributed by atoms with Crippen LogP contribution in [0.3, 0.4) is 0 Å². The van der Waals surface area contributed by atoms with E-state index < -0.39 is 5.92 Å². The summed E-state index contributed by atoms with van der Waals surface area (Å²) in [5.74, 6) is 1.15. The van der Waals surface area contributed by atoms with Crippen molar-refractivity contribution < 1.29 is 14.3 Å². The molecule has 32 heavy (non-hydrogen) atoms. The smallest absolute Gasteiger partial charge is 0.257 e. The maximum absolute atomic E-state index is 13.1. The molecular weight excluding hydrogens is 450 g/mol. The second-order valence-corrected chi connectivity index (χ2v) is 8.50. The highest BCUT2D eigenvalue weighted by Gasteiger charge is 2.33. The highest BCUT2D eigenvalue weighted by molar-refractivity contribution is 7.98. The van der Waals surface area contributed by atoms with Gasteiger partial charge in [0, 0.05) is 28.7 Å². The summed E-state index contributed by atoms with van der Waals surface area (Å²) in [4.78, 5) is 33.0. The first-order valence-corrected chi connectivity index (χ1v) is 11.5. The highest BCUT2D eigenvalue weighted by Crippen LogP contribution is 2.42. The van der Waals surface area contributed by atoms with Gasteiger partial charge in [0.1, 0.15) is 5.82 Å². The third kappa shape index (κ3) is 4.47. The van der Waals surface area contributed by atoms with Crippen molar-refractivity contribution in [3.05, 3.63) is 74.5 Å². The van der Waals surface area contributed by atoms with Gasteiger partial charge < -0.3 is 19.8 Å². The Morgan fingerprint density at radius 1 is 1.19 bits per heavy atom. The van der Waals surface area contributed by atoms with Gasteiger partial charge in [-0.25, -0.2) is 4.98 Å². The van der Waals surface area contributed by atoms with Gasteiger partial charge in [-0.15, -0.1) is 0 Å². The molecule has 4 rings (SSSR count). The van der Waals surface area contributed by atoms with Crippen LogP contribution in [-0.2, 0) is 10.5 Å². The lowest BCUT2D eigenvalue weighted by atomic mass is 9.86. The molecule has 2 aromatic carbocycles. The maximum atomic E-state index is 13.1. The van der Waals surface area contributed by atoms with Crippen LogP contribution in [0.5, 0.6) is 11.5 Å². The van der Waals surface area contributed by atoms with Crippen molar-refractivity contribution in [2.24, 2.45) is 0 Å². The number of thioether (sulfide) groups is 1. The number of hydrogen-bond donors (Lipinski definition) is 2. The largest absolute Gasteiger partial charge is 0.493 e. The van der Waals surface area contributed by atoms with Crippen molar-refractivity contribution in [1.82, 2.24) is 9.97 Å². The van der Waals surface area contributed by atoms with E-state index in [4.69, 9.17) is 21.1 Å². The molecule has 2 heterocycles. The molecule has 0 aliphatic carbocycles. The number of methoxy groups -OCH3 is 1. The summed E-state index contributed by atoms with van der Waals surface area (Å²) >= 11 is 7.57. The number of halogens is 1. The quantitative estimate of drug-likeness (QED) is 0.386. The average Bonchev–Trinajstić information content (AvgIpc) is 2.78. The van der Waals surface area contributed by atoms with Crippen LogP contribution >= 0.6 is 23.4 Å². The Balaban J connectivity index is 1.72. The number of carbonyl (C=O) groups excluding carboxylic acids is 1. The standard InChI is InChI=1S/C23H22ClN3O4S/c1-3-31-20-14(8-6-10-17(20)30-2)15-11-18(28)25-21-19(15)22(29)27-23(26-21)32-12-13-7-4-5-9-16(13)24/h4-10,15H,3,11-12H2,1-2H3,(H2,25,26,27,28,29). The molecule has 2 N–H and O–H groups in total. The van der Waals surface area contributed by atoms with Crippen LogP contribution < -0.4 is 20.3 Å². The molecule has 1 aliphatic heterocycles. The summed E-state index contributed by atoms with van der Waals surface area (Å²) in [7, 11) is 1.56. The molecule has 7 nitrogen and oxygen atoms in total. The van der Waals surface area contributed by atoms with Crippen LogP contribution in [0, 0.1) is 0 Å². The number of H-pyrrole nitrogens is 1. The number of nitrogens with zero attached hydrogens (tertiary/aromatic N) is 1. The van der Waals surface area contributed by atoms with Gasteiger partial charge in [0.15, 0.2) is 16.7 Å². The predicted molar refractivity (Wildman–Crippen MR) is 125 cm³/mol. The van der Waals surface area contributed by atoms with Crippen LogP contribution in [0.15, 0.2) is 52.4 Å². The molecule has 1 aromatic heterocycles. The molecule has 0 radical (unpaired) electrons. The lowest BCUT2D eigenvalue weighted by Gasteiger charge is -2.26. The van der Waals surface area contributed by atoms with Crippen molar-refractivity contribution in [1.29, 1.82) is 0 Å². The molecule has 0 spiro atoms. The van der Waals surface area contributed by atoms with Crippen molar-refractivity contribution in [2.45, 2.75) is 30.2 Å². The van der Waals surface area contributed by atoms with Crippen LogP contribution in [0.4, 0.5) is 5.82 Å². The fraction of sp³-hybridized carbons (Fsp3) is 0.261. The Morgan fingerprint density at radius 2 is 2.00 bits per heavy atom. The summed E-state index contributed by atoms with van der Waals surface area (Å²) in [5.41, 5.74) is 1.75. The van der Waals surface area contributed by atoms with E-state index in [-0.39, 0.29) is 23.7 Å². The van der Waals surface area contributed by atoms with Crippen LogP contribution in [0.25, 0.3) is 0 Å². The van der Waals surface area contributed by atoms with E-state index in [1.807, 2.05) is 43.3 Å². The van der Waals surface area contributed by atoms with E-state index in [9.17, 15) is 9.59 Å². The van der Waals surface area contributed by atoms with Crippen LogP contribution in [0.2, 0.25) is 5.02 Å². The number of nitrogens with one attached hydrogen (secondary N) is 2. The number of benzene rings is 2. The molecule has 0 saturated heterocycles. The number of aromatic amines is 1. The summed E-state index contributed by atoms with van der Waals surface area (Å²) in [6.07, 6.45) is 0.108. The van der Waals surface area contributed by atoms with Gasteiger partial charge >= 0.3 is 0 Å². The van der Waals surface area contributed by atoms with Gasteiger partial charge in [0.25, 0.3) is 5.56 Å². The Labute approximate surface area is 194 Å². The van der Waals surface area contributed by atoms with Crippen molar-refractivity contribution in [3.8, 4) is 11.5 Å². The monoisotopic (exact) mass is 471 g/mol. The van der Waals surface area contributed by atoms with Crippen molar-refractivity contribution in [2.75, 3.05) is 19.0 Å². The van der Waals surface area contributed by atoms with Crippen LogP contribution in [-0.4, -0.2) is 29.6 Å². The Morgan fingerprint density at radius 3 is 2.75 bits per heavy atom. The van der Waals surface area contributed by atoms with Crippen molar-refractivity contribution >= 4 is 35.1 Å². The Hall–Kier alpha value is -2.97. The molecular formula is C23H22ClN3O4S. The molecule has 3 aromatic rings. The number of ether oxygens (including phenoxy) is 2. The predicted octanol–water partition coefficient (Wildman–Crippen LogP) is 4.60. The minimum atomic E-state index is -0.505. The first-order chi connectivity index (χ1) is 15.5. The number of hydrogen-bond acceptors (Lipinski definition) is 6. The van der Waals surface area contributed by atoms with Crippen molar-refractivity contribution in [3.63, 3.8) is 0 Å². The molecule has 1 unspecified atom stereocenters.